The molecule has 1 aromatic carbocycles. The van der Waals surface area contributed by atoms with Crippen molar-refractivity contribution in [2.45, 2.75) is 40.0 Å². The first kappa shape index (κ1) is 22.5. The van der Waals surface area contributed by atoms with Gasteiger partial charge in [-0.3, -0.25) is 4.84 Å². The summed E-state index contributed by atoms with van der Waals surface area (Å²) in [7, 11) is 4.25. The first-order valence-corrected chi connectivity index (χ1v) is 9.67. The summed E-state index contributed by atoms with van der Waals surface area (Å²) in [5.74, 6) is 0.786. The fraction of sp³-hybridized carbons (Fsp3) is 0.524. The number of para-hydroxylation sites is 1. The van der Waals surface area contributed by atoms with Gasteiger partial charge in [-0.15, -0.1) is 0 Å². The van der Waals surface area contributed by atoms with Crippen molar-refractivity contribution in [1.82, 2.24) is 0 Å². The Morgan fingerprint density at radius 2 is 1.86 bits per heavy atom. The van der Waals surface area contributed by atoms with Crippen LogP contribution < -0.4 is 5.06 Å². The molecule has 0 heterocycles. The second-order valence-electron chi connectivity index (χ2n) is 7.23. The number of ether oxygens (including phenoxy) is 1. The van der Waals surface area contributed by atoms with Crippen molar-refractivity contribution in [2.24, 2.45) is 27.2 Å². The fourth-order valence-corrected chi connectivity index (χ4v) is 2.91. The van der Waals surface area contributed by atoms with Crippen molar-refractivity contribution in [2.75, 3.05) is 26.4 Å². The van der Waals surface area contributed by atoms with E-state index in [9.17, 15) is 4.79 Å². The minimum atomic E-state index is -0.624. The number of amides is 1. The third-order valence-electron chi connectivity index (χ3n) is 4.41. The number of hydroxylamine groups is 1. The number of benzene rings is 1. The summed E-state index contributed by atoms with van der Waals surface area (Å²) in [6, 6.07) is 7.29. The van der Waals surface area contributed by atoms with Crippen LogP contribution in [0.3, 0.4) is 0 Å². The molecule has 0 radical (unpaired) electrons. The highest BCUT2D eigenvalue weighted by Crippen LogP contribution is 2.32. The molecule has 0 atom stereocenters. The van der Waals surface area contributed by atoms with E-state index in [4.69, 9.17) is 14.4 Å². The Balaban J connectivity index is 2.41. The number of carbonyl (C=O) groups excluding carboxylic acids is 1. The van der Waals surface area contributed by atoms with Crippen LogP contribution in [0.4, 0.5) is 10.5 Å². The van der Waals surface area contributed by atoms with E-state index in [2.05, 4.69) is 29.2 Å². The maximum Gasteiger partial charge on any atom is 0.438 e. The number of hydrogen-bond donors (Lipinski definition) is 0. The number of anilines is 1. The number of carbonyl (C=O) groups is 1. The summed E-state index contributed by atoms with van der Waals surface area (Å²) in [5.41, 5.74) is 3.59. The molecule has 0 unspecified atom stereocenters. The van der Waals surface area contributed by atoms with Gasteiger partial charge in [0.25, 0.3) is 0 Å². The zero-order valence-electron chi connectivity index (χ0n) is 18.0. The van der Waals surface area contributed by atoms with Gasteiger partial charge in [0, 0.05) is 11.5 Å². The molecule has 1 fully saturated rings. The van der Waals surface area contributed by atoms with Crippen LogP contribution in [0.2, 0.25) is 0 Å². The van der Waals surface area contributed by atoms with Crippen LogP contribution in [0, 0.1) is 11.8 Å². The van der Waals surface area contributed by atoms with Gasteiger partial charge in [0.15, 0.2) is 0 Å². The summed E-state index contributed by atoms with van der Waals surface area (Å²) in [6.07, 6.45) is 2.30. The van der Waals surface area contributed by atoms with E-state index in [1.165, 1.54) is 14.2 Å². The highest BCUT2D eigenvalue weighted by atomic mass is 16.7. The van der Waals surface area contributed by atoms with Crippen molar-refractivity contribution >= 4 is 28.9 Å². The molecule has 1 aliphatic rings. The molecular formula is C21H30N4O4. The zero-order valence-corrected chi connectivity index (χ0v) is 18.0. The van der Waals surface area contributed by atoms with Crippen molar-refractivity contribution < 1.29 is 19.2 Å². The van der Waals surface area contributed by atoms with Gasteiger partial charge in [-0.25, -0.2) is 4.79 Å². The van der Waals surface area contributed by atoms with E-state index in [1.54, 1.807) is 13.2 Å². The topological polar surface area (TPSA) is 85.1 Å². The van der Waals surface area contributed by atoms with Crippen molar-refractivity contribution in [1.29, 1.82) is 0 Å². The van der Waals surface area contributed by atoms with Gasteiger partial charge in [-0.2, -0.15) is 15.3 Å². The van der Waals surface area contributed by atoms with Crippen LogP contribution in [-0.4, -0.2) is 44.6 Å². The summed E-state index contributed by atoms with van der Waals surface area (Å²) in [4.78, 5) is 22.3. The van der Waals surface area contributed by atoms with Gasteiger partial charge >= 0.3 is 6.09 Å². The number of nitrogens with zero attached hydrogens (tertiary/aromatic N) is 4. The molecule has 0 saturated heterocycles. The Bertz CT molecular complexity index is 798. The predicted octanol–water partition coefficient (Wildman–Crippen LogP) is 4.44. The second kappa shape index (κ2) is 10.7. The van der Waals surface area contributed by atoms with Gasteiger partial charge < -0.3 is 9.57 Å². The van der Waals surface area contributed by atoms with Crippen LogP contribution in [0.25, 0.3) is 0 Å². The lowest BCUT2D eigenvalue weighted by Gasteiger charge is -2.20. The third kappa shape index (κ3) is 6.12. The Morgan fingerprint density at radius 3 is 2.41 bits per heavy atom. The van der Waals surface area contributed by atoms with E-state index in [1.807, 2.05) is 25.1 Å². The van der Waals surface area contributed by atoms with Crippen LogP contribution in [0.5, 0.6) is 0 Å². The first-order chi connectivity index (χ1) is 13.9. The van der Waals surface area contributed by atoms with E-state index < -0.39 is 6.09 Å². The Morgan fingerprint density at radius 1 is 1.17 bits per heavy atom. The van der Waals surface area contributed by atoms with Crippen molar-refractivity contribution in [3.63, 3.8) is 0 Å². The lowest BCUT2D eigenvalue weighted by molar-refractivity contribution is 0.115. The summed E-state index contributed by atoms with van der Waals surface area (Å²) >= 11 is 0. The summed E-state index contributed by atoms with van der Waals surface area (Å²) in [6.45, 7) is 6.10. The molecule has 1 aliphatic carbocycles. The Hall–Kier alpha value is -2.74. The highest BCUT2D eigenvalue weighted by Gasteiger charge is 2.32. The molecule has 2 rings (SSSR count). The van der Waals surface area contributed by atoms with Crippen molar-refractivity contribution in [3.8, 4) is 0 Å². The molecule has 0 aromatic heterocycles. The third-order valence-corrected chi connectivity index (χ3v) is 4.41. The van der Waals surface area contributed by atoms with Crippen LogP contribution >= 0.6 is 0 Å². The van der Waals surface area contributed by atoms with Gasteiger partial charge in [-0.1, -0.05) is 37.2 Å². The van der Waals surface area contributed by atoms with E-state index >= 15 is 0 Å². The molecule has 1 amide bonds. The Labute approximate surface area is 172 Å². The molecule has 158 valence electrons. The van der Waals surface area contributed by atoms with Crippen LogP contribution in [0.15, 0.2) is 39.6 Å². The predicted molar refractivity (Wildman–Crippen MR) is 115 cm³/mol. The second-order valence-corrected chi connectivity index (χ2v) is 7.23. The molecule has 1 aromatic rings. The monoisotopic (exact) mass is 402 g/mol. The zero-order chi connectivity index (χ0) is 21.4. The minimum Gasteiger partial charge on any atom is -0.451 e. The average Bonchev–Trinajstić information content (AvgIpc) is 3.53. The molecule has 0 spiro atoms. The maximum atomic E-state index is 12.0. The molecule has 1 saturated carbocycles. The van der Waals surface area contributed by atoms with Crippen molar-refractivity contribution in [3.05, 3.63) is 29.8 Å². The number of oxime groups is 1. The quantitative estimate of drug-likeness (QED) is 0.451. The fourth-order valence-electron chi connectivity index (χ4n) is 2.91. The number of hydrogen-bond acceptors (Lipinski definition) is 7. The minimum absolute atomic E-state index is 0.361. The standard InChI is InChI=1S/C21H30N4O4/c1-14(2)13-18(24-28-5)20(16-11-12-16)23-22-15(3)17-9-7-8-10-19(17)25(29-6)21(26)27-4/h7-10,14,16H,11-13H2,1-6H3/b22-15+,23-20+,24-18+. The lowest BCUT2D eigenvalue weighted by Crippen LogP contribution is -2.30. The van der Waals surface area contributed by atoms with E-state index in [-0.39, 0.29) is 0 Å². The molecular weight excluding hydrogens is 372 g/mol. The maximum absolute atomic E-state index is 12.0. The molecule has 0 aliphatic heterocycles. The van der Waals surface area contributed by atoms with Gasteiger partial charge in [0.1, 0.15) is 12.8 Å². The molecule has 8 heteroatoms. The molecule has 29 heavy (non-hydrogen) atoms. The molecule has 0 bridgehead atoms. The SMILES string of the molecule is CO/N=C(CC(C)C)/C(=N/N=C(\C)c1ccccc1N(OC)C(=O)OC)C1CC1. The van der Waals surface area contributed by atoms with E-state index in [0.29, 0.717) is 28.8 Å². The largest absolute Gasteiger partial charge is 0.451 e. The van der Waals surface area contributed by atoms with Crippen LogP contribution in [0.1, 0.15) is 45.6 Å². The molecule has 8 nitrogen and oxygen atoms in total. The Kier molecular flexibility index (Phi) is 8.33. The number of methoxy groups -OCH3 is 1. The lowest BCUT2D eigenvalue weighted by atomic mass is 10.0. The normalized spacial score (nSPS) is 15.5. The summed E-state index contributed by atoms with van der Waals surface area (Å²) in [5, 5.41) is 14.3. The van der Waals surface area contributed by atoms with Gasteiger partial charge in [0.2, 0.25) is 0 Å². The van der Waals surface area contributed by atoms with Crippen LogP contribution in [-0.2, 0) is 14.4 Å². The van der Waals surface area contributed by atoms with E-state index in [0.717, 1.165) is 35.7 Å². The van der Waals surface area contributed by atoms with Gasteiger partial charge in [-0.05, 0) is 38.2 Å². The number of rotatable bonds is 9. The average molecular weight is 402 g/mol. The summed E-state index contributed by atoms with van der Waals surface area (Å²) < 4.78 is 4.79. The highest BCUT2D eigenvalue weighted by molar-refractivity contribution is 6.43. The first-order valence-electron chi connectivity index (χ1n) is 9.67. The smallest absolute Gasteiger partial charge is 0.438 e. The molecule has 0 N–H and O–H groups in total. The van der Waals surface area contributed by atoms with Gasteiger partial charge in [0.05, 0.1) is 31.3 Å².